The second kappa shape index (κ2) is 6.23. The van der Waals surface area contributed by atoms with Gasteiger partial charge in [-0.1, -0.05) is 50.2 Å². The Bertz CT molecular complexity index is 597. The van der Waals surface area contributed by atoms with Gasteiger partial charge in [0, 0.05) is 12.6 Å². The van der Waals surface area contributed by atoms with Gasteiger partial charge in [0.15, 0.2) is 0 Å². The molecule has 1 nitrogen and oxygen atoms in total. The minimum absolute atomic E-state index is 0.504. The Balaban J connectivity index is 2.45. The minimum atomic E-state index is 0.504. The lowest BCUT2D eigenvalue weighted by atomic mass is 9.92. The molecule has 2 rings (SSSR count). The van der Waals surface area contributed by atoms with Crippen molar-refractivity contribution in [3.8, 4) is 11.1 Å². The maximum Gasteiger partial charge on any atom is 0.0214 e. The van der Waals surface area contributed by atoms with E-state index in [1.54, 1.807) is 0 Å². The highest BCUT2D eigenvalue weighted by molar-refractivity contribution is 5.71. The van der Waals surface area contributed by atoms with Crippen molar-refractivity contribution < 1.29 is 0 Å². The molecule has 0 bridgehead atoms. The molecule has 0 aromatic heterocycles. The van der Waals surface area contributed by atoms with Crippen molar-refractivity contribution in [2.75, 3.05) is 0 Å². The lowest BCUT2D eigenvalue weighted by Crippen LogP contribution is -2.22. The Labute approximate surface area is 123 Å². The molecule has 20 heavy (non-hydrogen) atoms. The molecule has 0 saturated heterocycles. The fourth-order valence-electron chi connectivity index (χ4n) is 2.50. The molecule has 0 saturated carbocycles. The number of hydrogen-bond donors (Lipinski definition) is 1. The van der Waals surface area contributed by atoms with Crippen molar-refractivity contribution in [3.63, 3.8) is 0 Å². The maximum absolute atomic E-state index is 3.52. The summed E-state index contributed by atoms with van der Waals surface area (Å²) in [6, 6.07) is 13.8. The van der Waals surface area contributed by atoms with Crippen LogP contribution in [0.2, 0.25) is 0 Å². The van der Waals surface area contributed by atoms with Gasteiger partial charge in [-0.3, -0.25) is 0 Å². The van der Waals surface area contributed by atoms with E-state index in [1.165, 1.54) is 33.4 Å². The fraction of sp³-hybridized carbons (Fsp3) is 0.368. The zero-order chi connectivity index (χ0) is 14.7. The van der Waals surface area contributed by atoms with Crippen LogP contribution in [0.4, 0.5) is 0 Å². The average molecular weight is 267 g/mol. The van der Waals surface area contributed by atoms with Crippen molar-refractivity contribution in [2.45, 2.75) is 47.2 Å². The highest BCUT2D eigenvalue weighted by Gasteiger charge is 2.09. The highest BCUT2D eigenvalue weighted by Crippen LogP contribution is 2.29. The summed E-state index contributed by atoms with van der Waals surface area (Å²) in [4.78, 5) is 0. The molecule has 0 heterocycles. The second-order valence-electron chi connectivity index (χ2n) is 5.94. The quantitative estimate of drug-likeness (QED) is 0.841. The van der Waals surface area contributed by atoms with E-state index in [-0.39, 0.29) is 0 Å². The lowest BCUT2D eigenvalue weighted by Gasteiger charge is -2.16. The normalized spacial score (nSPS) is 11.1. The molecule has 0 radical (unpaired) electrons. The van der Waals surface area contributed by atoms with E-state index in [0.29, 0.717) is 6.04 Å². The molecule has 2 aromatic rings. The van der Waals surface area contributed by atoms with Crippen LogP contribution in [-0.4, -0.2) is 6.04 Å². The molecule has 1 N–H and O–H groups in total. The topological polar surface area (TPSA) is 12.0 Å². The molecule has 1 heteroatoms. The summed E-state index contributed by atoms with van der Waals surface area (Å²) >= 11 is 0. The van der Waals surface area contributed by atoms with Gasteiger partial charge in [-0.05, 0) is 54.2 Å². The van der Waals surface area contributed by atoms with E-state index < -0.39 is 0 Å². The van der Waals surface area contributed by atoms with Gasteiger partial charge < -0.3 is 5.32 Å². The Morgan fingerprint density at radius 1 is 0.850 bits per heavy atom. The van der Waals surface area contributed by atoms with Crippen molar-refractivity contribution in [3.05, 3.63) is 58.7 Å². The minimum Gasteiger partial charge on any atom is -0.310 e. The van der Waals surface area contributed by atoms with Gasteiger partial charge >= 0.3 is 0 Å². The summed E-state index contributed by atoms with van der Waals surface area (Å²) in [6.07, 6.45) is 0. The van der Waals surface area contributed by atoms with Crippen molar-refractivity contribution in [1.82, 2.24) is 5.32 Å². The molecule has 106 valence electrons. The largest absolute Gasteiger partial charge is 0.310 e. The zero-order valence-corrected chi connectivity index (χ0v) is 13.2. The molecule has 0 unspecified atom stereocenters. The van der Waals surface area contributed by atoms with Gasteiger partial charge in [0.2, 0.25) is 0 Å². The Kier molecular flexibility index (Phi) is 4.61. The molecular formula is C19H25N. The van der Waals surface area contributed by atoms with E-state index in [2.05, 4.69) is 76.3 Å². The van der Waals surface area contributed by atoms with Crippen LogP contribution in [0.3, 0.4) is 0 Å². The van der Waals surface area contributed by atoms with Crippen molar-refractivity contribution >= 4 is 0 Å². The Hall–Kier alpha value is -1.60. The third kappa shape index (κ3) is 3.29. The molecule has 0 amide bonds. The Morgan fingerprint density at radius 3 is 2.20 bits per heavy atom. The smallest absolute Gasteiger partial charge is 0.0214 e. The average Bonchev–Trinajstić information content (AvgIpc) is 2.41. The van der Waals surface area contributed by atoms with Gasteiger partial charge in [-0.15, -0.1) is 0 Å². The monoisotopic (exact) mass is 267 g/mol. The standard InChI is InChI=1S/C19H25N/c1-13(2)20-12-17-8-6-7-9-18(17)19-11-15(4)14(3)10-16(19)5/h6-11,13,20H,12H2,1-5H3. The number of benzene rings is 2. The number of hydrogen-bond acceptors (Lipinski definition) is 1. The van der Waals surface area contributed by atoms with Crippen LogP contribution in [0, 0.1) is 20.8 Å². The molecule has 0 fully saturated rings. The number of aryl methyl sites for hydroxylation is 3. The summed E-state index contributed by atoms with van der Waals surface area (Å²) in [6.45, 7) is 11.9. The summed E-state index contributed by atoms with van der Waals surface area (Å²) in [5.74, 6) is 0. The Morgan fingerprint density at radius 2 is 1.50 bits per heavy atom. The number of rotatable bonds is 4. The molecular weight excluding hydrogens is 242 g/mol. The SMILES string of the molecule is Cc1cc(C)c(-c2ccccc2CNC(C)C)cc1C. The summed E-state index contributed by atoms with van der Waals surface area (Å²) in [5.41, 5.74) is 8.15. The van der Waals surface area contributed by atoms with Crippen LogP contribution in [-0.2, 0) is 6.54 Å². The first-order valence-electron chi connectivity index (χ1n) is 7.38. The van der Waals surface area contributed by atoms with E-state index in [0.717, 1.165) is 6.54 Å². The first kappa shape index (κ1) is 14.8. The van der Waals surface area contributed by atoms with Crippen LogP contribution in [0.1, 0.15) is 36.1 Å². The molecule has 2 aromatic carbocycles. The summed E-state index contributed by atoms with van der Waals surface area (Å²) in [5, 5.41) is 3.52. The van der Waals surface area contributed by atoms with Gasteiger partial charge in [-0.2, -0.15) is 0 Å². The van der Waals surface area contributed by atoms with Crippen LogP contribution in [0.5, 0.6) is 0 Å². The molecule has 0 spiro atoms. The molecule has 0 aliphatic heterocycles. The molecule has 0 atom stereocenters. The highest BCUT2D eigenvalue weighted by atomic mass is 14.9. The van der Waals surface area contributed by atoms with E-state index in [4.69, 9.17) is 0 Å². The van der Waals surface area contributed by atoms with E-state index in [9.17, 15) is 0 Å². The lowest BCUT2D eigenvalue weighted by molar-refractivity contribution is 0.589. The van der Waals surface area contributed by atoms with E-state index in [1.807, 2.05) is 0 Å². The van der Waals surface area contributed by atoms with Gasteiger partial charge in [-0.25, -0.2) is 0 Å². The predicted octanol–water partition coefficient (Wildman–Crippen LogP) is 4.78. The third-order valence-electron chi connectivity index (χ3n) is 3.85. The molecule has 0 aliphatic rings. The van der Waals surface area contributed by atoms with Crippen molar-refractivity contribution in [2.24, 2.45) is 0 Å². The van der Waals surface area contributed by atoms with Gasteiger partial charge in [0.25, 0.3) is 0 Å². The summed E-state index contributed by atoms with van der Waals surface area (Å²) < 4.78 is 0. The van der Waals surface area contributed by atoms with Gasteiger partial charge in [0.05, 0.1) is 0 Å². The van der Waals surface area contributed by atoms with Crippen LogP contribution < -0.4 is 5.32 Å². The number of nitrogens with one attached hydrogen (secondary N) is 1. The van der Waals surface area contributed by atoms with Crippen LogP contribution in [0.25, 0.3) is 11.1 Å². The third-order valence-corrected chi connectivity index (χ3v) is 3.85. The molecule has 0 aliphatic carbocycles. The zero-order valence-electron chi connectivity index (χ0n) is 13.2. The van der Waals surface area contributed by atoms with E-state index >= 15 is 0 Å². The van der Waals surface area contributed by atoms with Crippen LogP contribution >= 0.6 is 0 Å². The second-order valence-corrected chi connectivity index (χ2v) is 5.94. The first-order valence-corrected chi connectivity index (χ1v) is 7.38. The van der Waals surface area contributed by atoms with Gasteiger partial charge in [0.1, 0.15) is 0 Å². The predicted molar refractivity (Wildman–Crippen MR) is 88.1 cm³/mol. The fourth-order valence-corrected chi connectivity index (χ4v) is 2.50. The first-order chi connectivity index (χ1) is 9.49. The van der Waals surface area contributed by atoms with Crippen LogP contribution in [0.15, 0.2) is 36.4 Å². The summed E-state index contributed by atoms with van der Waals surface area (Å²) in [7, 11) is 0. The van der Waals surface area contributed by atoms with Crippen molar-refractivity contribution in [1.29, 1.82) is 0 Å². The maximum atomic E-state index is 3.52.